The Hall–Kier alpha value is -3.03. The molecule has 2 aromatic carbocycles. The first-order valence-corrected chi connectivity index (χ1v) is 7.53. The van der Waals surface area contributed by atoms with Crippen LogP contribution in [0.1, 0.15) is 21.5 Å². The lowest BCUT2D eigenvalue weighted by Gasteiger charge is -2.10. The molecule has 5 nitrogen and oxygen atoms in total. The van der Waals surface area contributed by atoms with Crippen molar-refractivity contribution in [3.63, 3.8) is 0 Å². The van der Waals surface area contributed by atoms with Gasteiger partial charge in [0.2, 0.25) is 0 Å². The topological polar surface area (TPSA) is 64.6 Å². The van der Waals surface area contributed by atoms with Gasteiger partial charge in [0.05, 0.1) is 5.56 Å². The summed E-state index contributed by atoms with van der Waals surface area (Å²) in [6, 6.07) is 9.69. The van der Waals surface area contributed by atoms with Crippen molar-refractivity contribution < 1.29 is 32.2 Å². The molecule has 26 heavy (non-hydrogen) atoms. The van der Waals surface area contributed by atoms with Crippen molar-refractivity contribution in [3.8, 4) is 5.75 Å². The molecule has 0 radical (unpaired) electrons. The molecule has 0 aliphatic carbocycles. The molecule has 0 heterocycles. The summed E-state index contributed by atoms with van der Waals surface area (Å²) >= 11 is 0. The third-order valence-electron chi connectivity index (χ3n) is 3.16. The maximum Gasteiger partial charge on any atom is 0.573 e. The van der Waals surface area contributed by atoms with E-state index in [1.807, 2.05) is 19.9 Å². The lowest BCUT2D eigenvalue weighted by Crippen LogP contribution is -2.21. The lowest BCUT2D eigenvalue weighted by atomic mass is 10.1. The molecule has 8 heteroatoms. The predicted molar refractivity (Wildman–Crippen MR) is 88.0 cm³/mol. The first-order valence-electron chi connectivity index (χ1n) is 7.53. The van der Waals surface area contributed by atoms with Crippen molar-refractivity contribution in [3.05, 3.63) is 59.2 Å². The van der Waals surface area contributed by atoms with Crippen molar-refractivity contribution in [1.82, 2.24) is 0 Å². The lowest BCUT2D eigenvalue weighted by molar-refractivity contribution is -0.274. The maximum atomic E-state index is 12.1. The van der Waals surface area contributed by atoms with Crippen molar-refractivity contribution in [2.24, 2.45) is 0 Å². The van der Waals surface area contributed by atoms with Crippen LogP contribution >= 0.6 is 0 Å². The van der Waals surface area contributed by atoms with Crippen molar-refractivity contribution in [1.29, 1.82) is 0 Å². The third kappa shape index (κ3) is 6.12. The summed E-state index contributed by atoms with van der Waals surface area (Å²) in [6.45, 7) is 3.25. The zero-order valence-corrected chi connectivity index (χ0v) is 14.0. The van der Waals surface area contributed by atoms with E-state index in [1.54, 1.807) is 12.1 Å². The Bertz CT molecular complexity index is 781. The van der Waals surface area contributed by atoms with Crippen LogP contribution in [-0.4, -0.2) is 24.8 Å². The summed E-state index contributed by atoms with van der Waals surface area (Å²) in [7, 11) is 0. The second-order valence-corrected chi connectivity index (χ2v) is 5.57. The molecule has 0 atom stereocenters. The highest BCUT2D eigenvalue weighted by atomic mass is 19.4. The molecule has 0 spiro atoms. The fourth-order valence-electron chi connectivity index (χ4n) is 2.25. The van der Waals surface area contributed by atoms with E-state index in [0.717, 1.165) is 35.4 Å². The monoisotopic (exact) mass is 367 g/mol. The highest BCUT2D eigenvalue weighted by Crippen LogP contribution is 2.23. The minimum atomic E-state index is -4.81. The average Bonchev–Trinajstić information content (AvgIpc) is 2.50. The van der Waals surface area contributed by atoms with Gasteiger partial charge in [-0.2, -0.15) is 0 Å². The molecule has 0 fully saturated rings. The number of rotatable bonds is 5. The summed E-state index contributed by atoms with van der Waals surface area (Å²) in [5.41, 5.74) is 2.52. The molecule has 0 aromatic heterocycles. The number of hydrogen-bond acceptors (Lipinski definition) is 4. The van der Waals surface area contributed by atoms with Crippen LogP contribution in [0.25, 0.3) is 0 Å². The van der Waals surface area contributed by atoms with Crippen LogP contribution in [0.2, 0.25) is 0 Å². The Morgan fingerprint density at radius 3 is 2.12 bits per heavy atom. The summed E-state index contributed by atoms with van der Waals surface area (Å²) in [6.07, 6.45) is -4.81. The number of carbonyl (C=O) groups is 2. The number of benzene rings is 2. The van der Waals surface area contributed by atoms with Gasteiger partial charge in [0.1, 0.15) is 5.75 Å². The number of amides is 1. The number of nitrogens with one attached hydrogen (secondary N) is 1. The molecule has 1 amide bonds. The van der Waals surface area contributed by atoms with Gasteiger partial charge in [-0.25, -0.2) is 4.79 Å². The molecule has 0 bridgehead atoms. The molecule has 0 aliphatic rings. The van der Waals surface area contributed by atoms with Gasteiger partial charge in [0.15, 0.2) is 6.61 Å². The number of alkyl halides is 3. The van der Waals surface area contributed by atoms with E-state index in [0.29, 0.717) is 5.69 Å². The average molecular weight is 367 g/mol. The van der Waals surface area contributed by atoms with Gasteiger partial charge in [0.25, 0.3) is 5.91 Å². The smallest absolute Gasteiger partial charge is 0.452 e. The highest BCUT2D eigenvalue weighted by molar-refractivity contribution is 5.95. The SMILES string of the molecule is Cc1cc(C)cc(NC(=O)COC(=O)c2ccc(OC(F)(F)F)cc2)c1. The number of hydrogen-bond donors (Lipinski definition) is 1. The number of carbonyl (C=O) groups excluding carboxylic acids is 2. The second-order valence-electron chi connectivity index (χ2n) is 5.57. The van der Waals surface area contributed by atoms with Gasteiger partial charge in [0, 0.05) is 5.69 Å². The van der Waals surface area contributed by atoms with E-state index < -0.39 is 30.6 Å². The highest BCUT2D eigenvalue weighted by Gasteiger charge is 2.31. The van der Waals surface area contributed by atoms with E-state index in [9.17, 15) is 22.8 Å². The molecule has 0 saturated heterocycles. The number of esters is 1. The maximum absolute atomic E-state index is 12.1. The molecular formula is C18H16F3NO4. The first-order chi connectivity index (χ1) is 12.1. The van der Waals surface area contributed by atoms with Crippen LogP contribution in [0, 0.1) is 13.8 Å². The van der Waals surface area contributed by atoms with E-state index >= 15 is 0 Å². The molecule has 0 aliphatic heterocycles. The molecular weight excluding hydrogens is 351 g/mol. The Labute approximate surface area is 147 Å². The van der Waals surface area contributed by atoms with Gasteiger partial charge in [-0.15, -0.1) is 13.2 Å². The standard InChI is InChI=1S/C18H16F3NO4/c1-11-7-12(2)9-14(8-11)22-16(23)10-25-17(24)13-3-5-15(6-4-13)26-18(19,20)21/h3-9H,10H2,1-2H3,(H,22,23). The van der Waals surface area contributed by atoms with Crippen molar-refractivity contribution >= 4 is 17.6 Å². The third-order valence-corrected chi connectivity index (χ3v) is 3.16. The fraction of sp³-hybridized carbons (Fsp3) is 0.222. The first kappa shape index (κ1) is 19.3. The molecule has 0 unspecified atom stereocenters. The van der Waals surface area contributed by atoms with Crippen molar-refractivity contribution in [2.75, 3.05) is 11.9 Å². The quantitative estimate of drug-likeness (QED) is 0.812. The van der Waals surface area contributed by atoms with E-state index in [4.69, 9.17) is 4.74 Å². The fourth-order valence-corrected chi connectivity index (χ4v) is 2.25. The zero-order chi connectivity index (χ0) is 19.3. The van der Waals surface area contributed by atoms with Crippen LogP contribution in [0.15, 0.2) is 42.5 Å². The normalized spacial score (nSPS) is 11.0. The zero-order valence-electron chi connectivity index (χ0n) is 14.0. The van der Waals surface area contributed by atoms with Gasteiger partial charge in [-0.1, -0.05) is 6.07 Å². The number of aryl methyl sites for hydroxylation is 2. The molecule has 0 saturated carbocycles. The predicted octanol–water partition coefficient (Wildman–Crippen LogP) is 4.00. The molecule has 1 N–H and O–H groups in total. The Morgan fingerprint density at radius 2 is 1.58 bits per heavy atom. The van der Waals surface area contributed by atoms with Crippen LogP contribution in [0.5, 0.6) is 5.75 Å². The summed E-state index contributed by atoms with van der Waals surface area (Å²) in [5, 5.41) is 2.60. The molecule has 2 rings (SSSR count). The minimum absolute atomic E-state index is 0.00118. The van der Waals surface area contributed by atoms with Gasteiger partial charge >= 0.3 is 12.3 Å². The second kappa shape index (κ2) is 7.90. The summed E-state index contributed by atoms with van der Waals surface area (Å²) < 4.78 is 44.8. The molecule has 2 aromatic rings. The minimum Gasteiger partial charge on any atom is -0.452 e. The van der Waals surface area contributed by atoms with Crippen LogP contribution in [-0.2, 0) is 9.53 Å². The van der Waals surface area contributed by atoms with E-state index in [1.165, 1.54) is 0 Å². The van der Waals surface area contributed by atoms with Crippen molar-refractivity contribution in [2.45, 2.75) is 20.2 Å². The number of halogens is 3. The van der Waals surface area contributed by atoms with E-state index in [-0.39, 0.29) is 5.56 Å². The number of anilines is 1. The number of ether oxygens (including phenoxy) is 2. The van der Waals surface area contributed by atoms with Crippen LogP contribution in [0.3, 0.4) is 0 Å². The van der Waals surface area contributed by atoms with Gasteiger partial charge in [-0.05, 0) is 61.4 Å². The Kier molecular flexibility index (Phi) is 5.86. The Balaban J connectivity index is 1.88. The van der Waals surface area contributed by atoms with Crippen LogP contribution in [0.4, 0.5) is 18.9 Å². The van der Waals surface area contributed by atoms with Gasteiger partial charge < -0.3 is 14.8 Å². The summed E-state index contributed by atoms with van der Waals surface area (Å²) in [5.74, 6) is -1.82. The summed E-state index contributed by atoms with van der Waals surface area (Å²) in [4.78, 5) is 23.7. The Morgan fingerprint density at radius 1 is 1.00 bits per heavy atom. The van der Waals surface area contributed by atoms with Crippen LogP contribution < -0.4 is 10.1 Å². The molecule has 138 valence electrons. The van der Waals surface area contributed by atoms with Gasteiger partial charge in [-0.3, -0.25) is 4.79 Å². The largest absolute Gasteiger partial charge is 0.573 e. The van der Waals surface area contributed by atoms with E-state index in [2.05, 4.69) is 10.1 Å².